The maximum Gasteiger partial charge on any atom is 0.339 e. The van der Waals surface area contributed by atoms with Gasteiger partial charge in [0.2, 0.25) is 0 Å². The van der Waals surface area contributed by atoms with E-state index in [9.17, 15) is 9.18 Å². The molecular formula is C14H10BrFO2. The Balaban J connectivity index is 2.34. The normalized spacial score (nSPS) is 10.3. The van der Waals surface area contributed by atoms with Gasteiger partial charge in [-0.1, -0.05) is 30.3 Å². The van der Waals surface area contributed by atoms with E-state index >= 15 is 0 Å². The van der Waals surface area contributed by atoms with E-state index < -0.39 is 11.8 Å². The van der Waals surface area contributed by atoms with E-state index in [1.54, 1.807) is 6.07 Å². The molecule has 1 N–H and O–H groups in total. The number of carbonyl (C=O) groups is 1. The van der Waals surface area contributed by atoms with Crippen molar-refractivity contribution in [3.63, 3.8) is 0 Å². The van der Waals surface area contributed by atoms with Crippen molar-refractivity contribution in [2.24, 2.45) is 0 Å². The van der Waals surface area contributed by atoms with E-state index in [2.05, 4.69) is 15.9 Å². The molecule has 0 saturated carbocycles. The molecule has 0 unspecified atom stereocenters. The van der Waals surface area contributed by atoms with Crippen LogP contribution in [0.1, 0.15) is 21.5 Å². The van der Waals surface area contributed by atoms with Gasteiger partial charge in [-0.2, -0.15) is 0 Å². The van der Waals surface area contributed by atoms with Crippen LogP contribution in [0.3, 0.4) is 0 Å². The number of carboxylic acid groups (broad SMARTS) is 1. The van der Waals surface area contributed by atoms with E-state index in [4.69, 9.17) is 5.11 Å². The Labute approximate surface area is 112 Å². The summed E-state index contributed by atoms with van der Waals surface area (Å²) < 4.78 is 13.9. The van der Waals surface area contributed by atoms with Crippen LogP contribution >= 0.6 is 15.9 Å². The first-order valence-electron chi connectivity index (χ1n) is 5.33. The largest absolute Gasteiger partial charge is 0.478 e. The van der Waals surface area contributed by atoms with Crippen molar-refractivity contribution in [2.45, 2.75) is 6.42 Å². The van der Waals surface area contributed by atoms with Crippen LogP contribution in [0.25, 0.3) is 0 Å². The first-order valence-corrected chi connectivity index (χ1v) is 6.12. The highest BCUT2D eigenvalue weighted by atomic mass is 79.9. The molecule has 92 valence electrons. The number of hydrogen-bond acceptors (Lipinski definition) is 1. The topological polar surface area (TPSA) is 37.3 Å². The summed E-state index contributed by atoms with van der Waals surface area (Å²) in [5.41, 5.74) is 1.45. The predicted octanol–water partition coefficient (Wildman–Crippen LogP) is 3.88. The van der Waals surface area contributed by atoms with Crippen LogP contribution in [0.15, 0.2) is 46.9 Å². The number of halogens is 2. The highest BCUT2D eigenvalue weighted by Gasteiger charge is 2.15. The van der Waals surface area contributed by atoms with Crippen molar-refractivity contribution < 1.29 is 14.3 Å². The molecule has 2 aromatic rings. The van der Waals surface area contributed by atoms with Crippen molar-refractivity contribution in [1.82, 2.24) is 0 Å². The van der Waals surface area contributed by atoms with Crippen LogP contribution in [0, 0.1) is 5.82 Å². The summed E-state index contributed by atoms with van der Waals surface area (Å²) in [4.78, 5) is 10.8. The average molecular weight is 309 g/mol. The standard InChI is InChI=1S/C14H10BrFO2/c15-11-7-10(6-9-4-2-1-3-5-9)8-12(16)13(11)14(17)18/h1-5,7-8H,6H2,(H,17,18). The Hall–Kier alpha value is -1.68. The Bertz CT molecular complexity index is 559. The molecule has 18 heavy (non-hydrogen) atoms. The van der Waals surface area contributed by atoms with Crippen LogP contribution in [-0.2, 0) is 6.42 Å². The quantitative estimate of drug-likeness (QED) is 0.934. The van der Waals surface area contributed by atoms with Gasteiger partial charge in [0.1, 0.15) is 11.4 Å². The summed E-state index contributed by atoms with van der Waals surface area (Å²) in [6.07, 6.45) is 0.566. The van der Waals surface area contributed by atoms with Gasteiger partial charge in [0.05, 0.1) is 0 Å². The molecule has 0 radical (unpaired) electrons. The number of aromatic carboxylic acids is 1. The summed E-state index contributed by atoms with van der Waals surface area (Å²) in [5.74, 6) is -1.99. The molecule has 0 saturated heterocycles. The van der Waals surface area contributed by atoms with Crippen LogP contribution in [0.4, 0.5) is 4.39 Å². The fraction of sp³-hybridized carbons (Fsp3) is 0.0714. The summed E-state index contributed by atoms with van der Waals surface area (Å²) in [7, 11) is 0. The van der Waals surface area contributed by atoms with Gasteiger partial charge in [-0.05, 0) is 45.6 Å². The van der Waals surface area contributed by atoms with Gasteiger partial charge < -0.3 is 5.11 Å². The fourth-order valence-corrected chi connectivity index (χ4v) is 2.42. The number of rotatable bonds is 3. The molecule has 2 aromatic carbocycles. The van der Waals surface area contributed by atoms with Gasteiger partial charge in [-0.25, -0.2) is 9.18 Å². The first kappa shape index (κ1) is 12.8. The third kappa shape index (κ3) is 2.76. The molecule has 2 nitrogen and oxygen atoms in total. The number of benzene rings is 2. The molecule has 2 rings (SSSR count). The lowest BCUT2D eigenvalue weighted by Crippen LogP contribution is -2.03. The summed E-state index contributed by atoms with van der Waals surface area (Å²) >= 11 is 3.09. The predicted molar refractivity (Wildman–Crippen MR) is 70.3 cm³/mol. The van der Waals surface area contributed by atoms with E-state index in [1.165, 1.54) is 6.07 Å². The smallest absolute Gasteiger partial charge is 0.339 e. The van der Waals surface area contributed by atoms with Gasteiger partial charge in [0.25, 0.3) is 0 Å². The zero-order chi connectivity index (χ0) is 13.1. The molecule has 0 bridgehead atoms. The monoisotopic (exact) mass is 308 g/mol. The minimum absolute atomic E-state index is 0.265. The molecule has 0 amide bonds. The van der Waals surface area contributed by atoms with E-state index in [0.717, 1.165) is 11.1 Å². The number of carboxylic acids is 1. The molecule has 0 aliphatic carbocycles. The lowest BCUT2D eigenvalue weighted by Gasteiger charge is -2.06. The average Bonchev–Trinajstić information content (AvgIpc) is 2.28. The molecule has 0 aromatic heterocycles. The Morgan fingerprint density at radius 3 is 2.39 bits per heavy atom. The zero-order valence-corrected chi connectivity index (χ0v) is 10.9. The zero-order valence-electron chi connectivity index (χ0n) is 9.36. The van der Waals surface area contributed by atoms with Gasteiger partial charge in [-0.15, -0.1) is 0 Å². The van der Waals surface area contributed by atoms with Crippen LogP contribution in [-0.4, -0.2) is 11.1 Å². The highest BCUT2D eigenvalue weighted by Crippen LogP contribution is 2.23. The Kier molecular flexibility index (Phi) is 3.77. The molecule has 0 fully saturated rings. The van der Waals surface area contributed by atoms with Crippen LogP contribution < -0.4 is 0 Å². The minimum atomic E-state index is -1.27. The van der Waals surface area contributed by atoms with Gasteiger partial charge in [0.15, 0.2) is 0 Å². The van der Waals surface area contributed by atoms with Crippen molar-refractivity contribution in [2.75, 3.05) is 0 Å². The van der Waals surface area contributed by atoms with Gasteiger partial charge in [0, 0.05) is 4.47 Å². The van der Waals surface area contributed by atoms with Crippen LogP contribution in [0.2, 0.25) is 0 Å². The summed E-state index contributed by atoms with van der Waals surface area (Å²) in [5, 5.41) is 8.86. The SMILES string of the molecule is O=C(O)c1c(F)cc(Cc2ccccc2)cc1Br. The number of hydrogen-bond donors (Lipinski definition) is 1. The lowest BCUT2D eigenvalue weighted by molar-refractivity contribution is 0.0691. The molecular weight excluding hydrogens is 299 g/mol. The van der Waals surface area contributed by atoms with Crippen molar-refractivity contribution >= 4 is 21.9 Å². The van der Waals surface area contributed by atoms with Crippen molar-refractivity contribution in [1.29, 1.82) is 0 Å². The summed E-state index contributed by atoms with van der Waals surface area (Å²) in [6, 6.07) is 12.5. The first-order chi connectivity index (χ1) is 8.58. The Morgan fingerprint density at radius 2 is 1.83 bits per heavy atom. The second kappa shape index (κ2) is 5.31. The molecule has 0 aliphatic rings. The van der Waals surface area contributed by atoms with Gasteiger partial charge in [-0.3, -0.25) is 0 Å². The fourth-order valence-electron chi connectivity index (χ4n) is 1.76. The third-order valence-corrected chi connectivity index (χ3v) is 3.19. The second-order valence-electron chi connectivity index (χ2n) is 3.90. The lowest BCUT2D eigenvalue weighted by atomic mass is 10.0. The molecule has 4 heteroatoms. The molecule has 0 spiro atoms. The molecule has 0 atom stereocenters. The maximum absolute atomic E-state index is 13.7. The minimum Gasteiger partial charge on any atom is -0.478 e. The molecule has 0 heterocycles. The van der Waals surface area contributed by atoms with Gasteiger partial charge >= 0.3 is 5.97 Å². The van der Waals surface area contributed by atoms with Crippen LogP contribution in [0.5, 0.6) is 0 Å². The maximum atomic E-state index is 13.7. The third-order valence-electron chi connectivity index (χ3n) is 2.57. The van der Waals surface area contributed by atoms with E-state index in [-0.39, 0.29) is 10.0 Å². The highest BCUT2D eigenvalue weighted by molar-refractivity contribution is 9.10. The van der Waals surface area contributed by atoms with Crippen molar-refractivity contribution in [3.8, 4) is 0 Å². The van der Waals surface area contributed by atoms with E-state index in [1.807, 2.05) is 30.3 Å². The van der Waals surface area contributed by atoms with E-state index in [0.29, 0.717) is 6.42 Å². The summed E-state index contributed by atoms with van der Waals surface area (Å²) in [6.45, 7) is 0. The second-order valence-corrected chi connectivity index (χ2v) is 4.76. The van der Waals surface area contributed by atoms with Crippen molar-refractivity contribution in [3.05, 3.63) is 69.4 Å². The Morgan fingerprint density at radius 1 is 1.17 bits per heavy atom. The molecule has 0 aliphatic heterocycles.